The lowest BCUT2D eigenvalue weighted by molar-refractivity contribution is -0.284. The van der Waals surface area contributed by atoms with Gasteiger partial charge in [0.2, 0.25) is 0 Å². The Morgan fingerprint density at radius 3 is 2.85 bits per heavy atom. The van der Waals surface area contributed by atoms with Crippen molar-refractivity contribution in [2.45, 2.75) is 75.9 Å². The molecule has 3 fully saturated rings. The molecule has 3 aliphatic heterocycles. The van der Waals surface area contributed by atoms with Gasteiger partial charge in [-0.2, -0.15) is 0 Å². The lowest BCUT2D eigenvalue weighted by Crippen LogP contribution is -2.58. The van der Waals surface area contributed by atoms with Crippen LogP contribution in [0.25, 0.3) is 0 Å². The number of hydrogen-bond acceptors (Lipinski definition) is 7. The minimum atomic E-state index is -1.50. The smallest absolute Gasteiger partial charge is 0.306 e. The van der Waals surface area contributed by atoms with Gasteiger partial charge in [-0.05, 0) is 31.6 Å². The van der Waals surface area contributed by atoms with E-state index in [-0.39, 0.29) is 29.8 Å². The molecule has 0 saturated carbocycles. The van der Waals surface area contributed by atoms with E-state index >= 15 is 0 Å². The maximum atomic E-state index is 12.1. The fraction of sp³-hybridized carbons (Fsp3) is 0.889. The second-order valence-corrected chi connectivity index (χ2v) is 8.64. The first kappa shape index (κ1) is 19.9. The van der Waals surface area contributed by atoms with Gasteiger partial charge in [0, 0.05) is 38.2 Å². The Labute approximate surface area is 158 Å². The van der Waals surface area contributed by atoms with Gasteiger partial charge in [0.05, 0.1) is 12.1 Å². The van der Waals surface area contributed by atoms with Crippen LogP contribution in [0, 0.1) is 5.92 Å². The Balaban J connectivity index is 1.70. The third kappa shape index (κ3) is 5.34. The Kier molecular flexibility index (Phi) is 6.82. The predicted octanol–water partition coefficient (Wildman–Crippen LogP) is 2.21. The Morgan fingerprint density at radius 2 is 2.08 bits per heavy atom. The summed E-state index contributed by atoms with van der Waals surface area (Å²) in [6.45, 7) is 3.51. The zero-order chi connectivity index (χ0) is 18.6. The molecular weight excluding hydrogens is 358 g/mol. The molecular formula is C18H29NO6S. The molecule has 3 saturated heterocycles. The fourth-order valence-electron chi connectivity index (χ4n) is 3.76. The molecule has 0 radical (unpaired) electrons. The zero-order valence-corrected chi connectivity index (χ0v) is 16.1. The van der Waals surface area contributed by atoms with Crippen molar-refractivity contribution < 1.29 is 28.9 Å². The first-order valence-electron chi connectivity index (χ1n) is 9.55. The van der Waals surface area contributed by atoms with Crippen LogP contribution in [0.15, 0.2) is 0 Å². The van der Waals surface area contributed by atoms with Crippen LogP contribution >= 0.6 is 11.8 Å². The molecule has 3 heterocycles. The van der Waals surface area contributed by atoms with Gasteiger partial charge in [-0.15, -0.1) is 0 Å². The van der Waals surface area contributed by atoms with E-state index < -0.39 is 11.8 Å². The van der Waals surface area contributed by atoms with Crippen molar-refractivity contribution in [1.82, 2.24) is 5.32 Å². The van der Waals surface area contributed by atoms with Crippen LogP contribution in [0.3, 0.4) is 0 Å². The van der Waals surface area contributed by atoms with Crippen molar-refractivity contribution in [3.05, 3.63) is 0 Å². The van der Waals surface area contributed by atoms with Gasteiger partial charge in [-0.25, -0.2) is 0 Å². The maximum absolute atomic E-state index is 12.1. The van der Waals surface area contributed by atoms with Gasteiger partial charge < -0.3 is 24.6 Å². The first-order valence-corrected chi connectivity index (χ1v) is 10.5. The van der Waals surface area contributed by atoms with Crippen LogP contribution in [0.5, 0.6) is 0 Å². The number of nitrogens with one attached hydrogen (secondary N) is 1. The van der Waals surface area contributed by atoms with Gasteiger partial charge in [0.1, 0.15) is 6.10 Å². The van der Waals surface area contributed by atoms with Crippen molar-refractivity contribution in [3.8, 4) is 0 Å². The van der Waals surface area contributed by atoms with Crippen molar-refractivity contribution in [2.75, 3.05) is 19.0 Å². The van der Waals surface area contributed by atoms with Gasteiger partial charge in [-0.3, -0.25) is 9.59 Å². The quantitative estimate of drug-likeness (QED) is 0.666. The van der Waals surface area contributed by atoms with Crippen molar-refractivity contribution in [1.29, 1.82) is 0 Å². The summed E-state index contributed by atoms with van der Waals surface area (Å²) in [5, 5.41) is 13.7. The van der Waals surface area contributed by atoms with Crippen LogP contribution in [-0.2, 0) is 19.0 Å². The molecule has 26 heavy (non-hydrogen) atoms. The predicted molar refractivity (Wildman–Crippen MR) is 96.8 cm³/mol. The summed E-state index contributed by atoms with van der Waals surface area (Å²) in [7, 11) is 0. The standard InChI is InChI=1S/C18H29NO6S/c1-12-5-6-13-8-14(24-16(20)4-2-3-7-23-10-12)9-18(22,25-13)15-11-26-17(21)19-15/h12-15,22H,2-11H2,1H3,(H,19,21)/t12-,13+,14+,15-,18+/m0/s1. The summed E-state index contributed by atoms with van der Waals surface area (Å²) in [6, 6.07) is -0.483. The molecule has 3 aliphatic rings. The van der Waals surface area contributed by atoms with E-state index in [1.165, 1.54) is 0 Å². The molecule has 0 aromatic rings. The van der Waals surface area contributed by atoms with Crippen LogP contribution in [0.1, 0.15) is 51.9 Å². The molecule has 2 N–H and O–H groups in total. The number of carbonyl (C=O) groups excluding carboxylic acids is 2. The highest BCUT2D eigenvalue weighted by Crippen LogP contribution is 2.37. The van der Waals surface area contributed by atoms with Crippen LogP contribution in [0.4, 0.5) is 4.79 Å². The van der Waals surface area contributed by atoms with E-state index in [4.69, 9.17) is 14.2 Å². The summed E-state index contributed by atoms with van der Waals surface area (Å²) in [6.07, 6.45) is 3.78. The topological polar surface area (TPSA) is 94.1 Å². The van der Waals surface area contributed by atoms with E-state index in [1.807, 2.05) is 0 Å². The third-order valence-corrected chi connectivity index (χ3v) is 6.12. The van der Waals surface area contributed by atoms with Gasteiger partial charge >= 0.3 is 5.97 Å². The van der Waals surface area contributed by atoms with Crippen LogP contribution < -0.4 is 5.32 Å². The van der Waals surface area contributed by atoms with Crippen LogP contribution in [-0.4, -0.2) is 59.3 Å². The summed E-state index contributed by atoms with van der Waals surface area (Å²) in [5.74, 6) is -0.885. The largest absolute Gasteiger partial charge is 0.462 e. The minimum Gasteiger partial charge on any atom is -0.462 e. The van der Waals surface area contributed by atoms with Gasteiger partial charge in [0.15, 0.2) is 5.79 Å². The monoisotopic (exact) mass is 387 g/mol. The number of aliphatic hydroxyl groups is 1. The molecule has 0 aromatic carbocycles. The molecule has 0 aromatic heterocycles. The van der Waals surface area contributed by atoms with E-state index in [2.05, 4.69) is 12.2 Å². The second kappa shape index (κ2) is 8.91. The summed E-state index contributed by atoms with van der Waals surface area (Å²) < 4.78 is 17.3. The average molecular weight is 387 g/mol. The minimum absolute atomic E-state index is 0.157. The fourth-order valence-corrected chi connectivity index (χ4v) is 4.65. The maximum Gasteiger partial charge on any atom is 0.306 e. The molecule has 0 unspecified atom stereocenters. The molecule has 0 spiro atoms. The Hall–Kier alpha value is -0.830. The highest BCUT2D eigenvalue weighted by molar-refractivity contribution is 8.14. The molecule has 3 rings (SSSR count). The number of esters is 1. The lowest BCUT2D eigenvalue weighted by atomic mass is 9.90. The summed E-state index contributed by atoms with van der Waals surface area (Å²) in [4.78, 5) is 23.7. The highest BCUT2D eigenvalue weighted by Gasteiger charge is 2.49. The van der Waals surface area contributed by atoms with E-state index in [0.717, 1.165) is 37.4 Å². The molecule has 5 atom stereocenters. The summed E-state index contributed by atoms with van der Waals surface area (Å²) in [5.41, 5.74) is 0. The number of ether oxygens (including phenoxy) is 3. The zero-order valence-electron chi connectivity index (χ0n) is 15.3. The number of rotatable bonds is 1. The number of thioether (sulfide) groups is 1. The molecule has 0 aliphatic carbocycles. The molecule has 148 valence electrons. The summed E-state index contributed by atoms with van der Waals surface area (Å²) >= 11 is 1.14. The number of amides is 1. The van der Waals surface area contributed by atoms with Crippen molar-refractivity contribution >= 4 is 23.0 Å². The molecule has 2 bridgehead atoms. The second-order valence-electron chi connectivity index (χ2n) is 7.65. The van der Waals surface area contributed by atoms with Crippen LogP contribution in [0.2, 0.25) is 0 Å². The Bertz CT molecular complexity index is 518. The van der Waals surface area contributed by atoms with Gasteiger partial charge in [0.25, 0.3) is 5.24 Å². The first-order chi connectivity index (χ1) is 12.4. The van der Waals surface area contributed by atoms with E-state index in [1.54, 1.807) is 0 Å². The molecule has 7 nitrogen and oxygen atoms in total. The number of carbonyl (C=O) groups is 2. The molecule has 8 heteroatoms. The third-order valence-electron chi connectivity index (χ3n) is 5.24. The van der Waals surface area contributed by atoms with Crippen molar-refractivity contribution in [2.24, 2.45) is 5.92 Å². The van der Waals surface area contributed by atoms with E-state index in [0.29, 0.717) is 37.7 Å². The SMILES string of the molecule is C[C@H]1CC[C@@H]2C[C@H](C[C@](O)([C@@H]3CSC(=O)N3)O2)OC(=O)CCCCOC1. The normalized spacial score (nSPS) is 40.4. The van der Waals surface area contributed by atoms with Gasteiger partial charge in [-0.1, -0.05) is 18.7 Å². The van der Waals surface area contributed by atoms with Crippen molar-refractivity contribution in [3.63, 3.8) is 0 Å². The number of hydrogen-bond donors (Lipinski definition) is 2. The lowest BCUT2D eigenvalue weighted by Gasteiger charge is -2.43. The average Bonchev–Trinajstić information content (AvgIpc) is 3.02. The Morgan fingerprint density at radius 1 is 1.23 bits per heavy atom. The highest BCUT2D eigenvalue weighted by atomic mass is 32.2. The number of fused-ring (bicyclic) bond motifs is 2. The van der Waals surface area contributed by atoms with E-state index in [9.17, 15) is 14.7 Å². The molecule has 1 amide bonds.